The van der Waals surface area contributed by atoms with Gasteiger partial charge < -0.3 is 15.6 Å². The molecule has 0 saturated heterocycles. The lowest BCUT2D eigenvalue weighted by molar-refractivity contribution is -0.0420. The van der Waals surface area contributed by atoms with Gasteiger partial charge in [0.1, 0.15) is 5.60 Å². The van der Waals surface area contributed by atoms with E-state index >= 15 is 0 Å². The van der Waals surface area contributed by atoms with Crippen molar-refractivity contribution in [3.05, 3.63) is 42.1 Å². The molecule has 4 nitrogen and oxygen atoms in total. The van der Waals surface area contributed by atoms with E-state index in [9.17, 15) is 5.11 Å². The number of nitrogens with zero attached hydrogens (tertiary/aromatic N) is 1. The van der Waals surface area contributed by atoms with Gasteiger partial charge in [-0.2, -0.15) is 0 Å². The third kappa shape index (κ3) is 2.92. The second kappa shape index (κ2) is 6.10. The van der Waals surface area contributed by atoms with Crippen molar-refractivity contribution in [2.45, 2.75) is 18.4 Å². The van der Waals surface area contributed by atoms with Crippen molar-refractivity contribution in [2.75, 3.05) is 20.3 Å². The van der Waals surface area contributed by atoms with Crippen molar-refractivity contribution in [1.29, 1.82) is 0 Å². The van der Waals surface area contributed by atoms with Gasteiger partial charge in [-0.1, -0.05) is 24.3 Å². The molecule has 1 heterocycles. The molecular weight excluding hydrogens is 240 g/mol. The summed E-state index contributed by atoms with van der Waals surface area (Å²) in [5.41, 5.74) is 6.14. The second-order valence-corrected chi connectivity index (χ2v) is 4.74. The Morgan fingerprint density at radius 1 is 1.32 bits per heavy atom. The molecule has 1 atom stereocenters. The van der Waals surface area contributed by atoms with Crippen LogP contribution in [0.3, 0.4) is 0 Å². The van der Waals surface area contributed by atoms with Crippen LogP contribution < -0.4 is 5.73 Å². The van der Waals surface area contributed by atoms with E-state index in [1.807, 2.05) is 30.3 Å². The second-order valence-electron chi connectivity index (χ2n) is 4.74. The summed E-state index contributed by atoms with van der Waals surface area (Å²) < 4.78 is 5.19. The molecule has 1 aromatic carbocycles. The summed E-state index contributed by atoms with van der Waals surface area (Å²) in [6.45, 7) is 0.785. The highest BCUT2D eigenvalue weighted by atomic mass is 16.5. The van der Waals surface area contributed by atoms with Gasteiger partial charge in [0, 0.05) is 24.3 Å². The highest BCUT2D eigenvalue weighted by Crippen LogP contribution is 2.31. The molecular formula is C15H20N2O2. The summed E-state index contributed by atoms with van der Waals surface area (Å²) in [6.07, 6.45) is 3.04. The van der Waals surface area contributed by atoms with Crippen molar-refractivity contribution in [1.82, 2.24) is 4.98 Å². The smallest absolute Gasteiger partial charge is 0.115 e. The maximum absolute atomic E-state index is 10.9. The number of para-hydroxylation sites is 1. The van der Waals surface area contributed by atoms with E-state index < -0.39 is 5.60 Å². The molecule has 0 fully saturated rings. The summed E-state index contributed by atoms with van der Waals surface area (Å²) in [6, 6.07) is 9.71. The van der Waals surface area contributed by atoms with E-state index in [2.05, 4.69) is 4.98 Å². The first kappa shape index (κ1) is 13.9. The molecule has 0 amide bonds. The average molecular weight is 260 g/mol. The Morgan fingerprint density at radius 2 is 2.11 bits per heavy atom. The van der Waals surface area contributed by atoms with E-state index in [1.165, 1.54) is 0 Å². The Balaban J connectivity index is 2.49. The van der Waals surface area contributed by atoms with E-state index in [0.717, 1.165) is 22.9 Å². The molecule has 1 aromatic heterocycles. The average Bonchev–Trinajstić information content (AvgIpc) is 2.45. The topological polar surface area (TPSA) is 68.4 Å². The molecule has 0 spiro atoms. The number of hydrogen-bond acceptors (Lipinski definition) is 4. The fourth-order valence-corrected chi connectivity index (χ4v) is 2.40. The van der Waals surface area contributed by atoms with Gasteiger partial charge in [-0.15, -0.1) is 0 Å². The number of aromatic nitrogens is 1. The largest absolute Gasteiger partial charge is 0.383 e. The zero-order valence-electron chi connectivity index (χ0n) is 11.2. The molecule has 0 bridgehead atoms. The Kier molecular flexibility index (Phi) is 4.47. The lowest BCUT2D eigenvalue weighted by Gasteiger charge is -2.28. The zero-order valence-corrected chi connectivity index (χ0v) is 11.2. The number of ether oxygens (including phenoxy) is 1. The van der Waals surface area contributed by atoms with Gasteiger partial charge >= 0.3 is 0 Å². The predicted molar refractivity (Wildman–Crippen MR) is 75.8 cm³/mol. The summed E-state index contributed by atoms with van der Waals surface area (Å²) in [7, 11) is 1.59. The van der Waals surface area contributed by atoms with Crippen LogP contribution in [-0.2, 0) is 10.3 Å². The quantitative estimate of drug-likeness (QED) is 0.831. The molecule has 4 heteroatoms. The van der Waals surface area contributed by atoms with Gasteiger partial charge in [0.05, 0.1) is 12.1 Å². The summed E-state index contributed by atoms with van der Waals surface area (Å²) in [5, 5.41) is 11.9. The molecule has 0 aliphatic rings. The molecule has 0 radical (unpaired) electrons. The number of aliphatic hydroxyl groups is 1. The molecule has 2 rings (SSSR count). The molecule has 2 aromatic rings. The van der Waals surface area contributed by atoms with Crippen molar-refractivity contribution < 1.29 is 9.84 Å². The fraction of sp³-hybridized carbons (Fsp3) is 0.400. The SMILES string of the molecule is COCC(O)(CCCN)c1cccc2cccnc12. The first-order valence-electron chi connectivity index (χ1n) is 6.47. The van der Waals surface area contributed by atoms with Gasteiger partial charge in [-0.25, -0.2) is 0 Å². The third-order valence-electron chi connectivity index (χ3n) is 3.31. The number of pyridine rings is 1. The summed E-state index contributed by atoms with van der Waals surface area (Å²) in [5.74, 6) is 0. The van der Waals surface area contributed by atoms with Gasteiger partial charge in [-0.05, 0) is 25.5 Å². The zero-order chi connectivity index (χ0) is 13.7. The van der Waals surface area contributed by atoms with Crippen LogP contribution in [0.25, 0.3) is 10.9 Å². The minimum absolute atomic E-state index is 0.239. The fourth-order valence-electron chi connectivity index (χ4n) is 2.40. The number of rotatable bonds is 6. The lowest BCUT2D eigenvalue weighted by atomic mass is 9.88. The van der Waals surface area contributed by atoms with Crippen LogP contribution in [-0.4, -0.2) is 30.4 Å². The van der Waals surface area contributed by atoms with Gasteiger partial charge in [0.15, 0.2) is 0 Å². The van der Waals surface area contributed by atoms with Crippen LogP contribution >= 0.6 is 0 Å². The van der Waals surface area contributed by atoms with Crippen molar-refractivity contribution >= 4 is 10.9 Å². The van der Waals surface area contributed by atoms with Crippen molar-refractivity contribution in [3.8, 4) is 0 Å². The van der Waals surface area contributed by atoms with E-state index in [1.54, 1.807) is 13.3 Å². The standard InChI is InChI=1S/C15H20N2O2/c1-19-11-15(18,8-4-9-16)13-7-2-5-12-6-3-10-17-14(12)13/h2-3,5-7,10,18H,4,8-9,11,16H2,1H3. The molecule has 0 saturated carbocycles. The Bertz CT molecular complexity index is 539. The predicted octanol–water partition coefficient (Wildman–Crippen LogP) is 1.81. The van der Waals surface area contributed by atoms with E-state index in [-0.39, 0.29) is 6.61 Å². The van der Waals surface area contributed by atoms with Crippen LogP contribution in [0.5, 0.6) is 0 Å². The first-order valence-corrected chi connectivity index (χ1v) is 6.47. The van der Waals surface area contributed by atoms with Crippen LogP contribution in [0, 0.1) is 0 Å². The Hall–Kier alpha value is -1.49. The summed E-state index contributed by atoms with van der Waals surface area (Å²) >= 11 is 0. The third-order valence-corrected chi connectivity index (χ3v) is 3.31. The number of methoxy groups -OCH3 is 1. The van der Waals surface area contributed by atoms with Crippen LogP contribution in [0.1, 0.15) is 18.4 Å². The van der Waals surface area contributed by atoms with E-state index in [0.29, 0.717) is 13.0 Å². The van der Waals surface area contributed by atoms with Crippen LogP contribution in [0.2, 0.25) is 0 Å². The maximum Gasteiger partial charge on any atom is 0.115 e. The minimum Gasteiger partial charge on any atom is -0.383 e. The van der Waals surface area contributed by atoms with Crippen molar-refractivity contribution in [3.63, 3.8) is 0 Å². The molecule has 3 N–H and O–H groups in total. The highest BCUT2D eigenvalue weighted by molar-refractivity contribution is 5.82. The first-order chi connectivity index (χ1) is 9.21. The highest BCUT2D eigenvalue weighted by Gasteiger charge is 2.30. The lowest BCUT2D eigenvalue weighted by Crippen LogP contribution is -2.32. The maximum atomic E-state index is 10.9. The molecule has 1 unspecified atom stereocenters. The monoisotopic (exact) mass is 260 g/mol. The molecule has 0 aliphatic heterocycles. The number of fused-ring (bicyclic) bond motifs is 1. The number of nitrogens with two attached hydrogens (primary N) is 1. The number of hydrogen-bond donors (Lipinski definition) is 2. The van der Waals surface area contributed by atoms with Gasteiger partial charge in [0.2, 0.25) is 0 Å². The van der Waals surface area contributed by atoms with Crippen molar-refractivity contribution in [2.24, 2.45) is 5.73 Å². The van der Waals surface area contributed by atoms with Gasteiger partial charge in [-0.3, -0.25) is 4.98 Å². The Morgan fingerprint density at radius 3 is 2.84 bits per heavy atom. The summed E-state index contributed by atoms with van der Waals surface area (Å²) in [4.78, 5) is 4.39. The minimum atomic E-state index is -1.04. The van der Waals surface area contributed by atoms with Gasteiger partial charge in [0.25, 0.3) is 0 Å². The molecule has 19 heavy (non-hydrogen) atoms. The number of benzene rings is 1. The van der Waals surface area contributed by atoms with Crippen LogP contribution in [0.15, 0.2) is 36.5 Å². The molecule has 102 valence electrons. The normalized spacial score (nSPS) is 14.5. The molecule has 0 aliphatic carbocycles. The van der Waals surface area contributed by atoms with Crippen LogP contribution in [0.4, 0.5) is 0 Å². The Labute approximate surface area is 113 Å². The van der Waals surface area contributed by atoms with E-state index in [4.69, 9.17) is 10.5 Å².